The van der Waals surface area contributed by atoms with Crippen molar-refractivity contribution in [2.45, 2.75) is 12.5 Å². The van der Waals surface area contributed by atoms with E-state index in [4.69, 9.17) is 21.6 Å². The molecular weight excluding hydrogens is 338 g/mol. The molecule has 3 heterocycles. The molecular formula is C18H18ClN5O. The number of hydrogen-bond acceptors (Lipinski definition) is 5. The predicted molar refractivity (Wildman–Crippen MR) is 97.5 cm³/mol. The lowest BCUT2D eigenvalue weighted by Crippen LogP contribution is -2.22. The van der Waals surface area contributed by atoms with Crippen LogP contribution in [0.15, 0.2) is 42.7 Å². The molecule has 4 rings (SSSR count). The lowest BCUT2D eigenvalue weighted by molar-refractivity contribution is 0.198. The summed E-state index contributed by atoms with van der Waals surface area (Å²) in [5.74, 6) is 1.44. The maximum absolute atomic E-state index is 9.85. The Morgan fingerprint density at radius 3 is 2.60 bits per heavy atom. The minimum absolute atomic E-state index is 0.309. The number of benzene rings is 1. The minimum atomic E-state index is -0.309. The van der Waals surface area contributed by atoms with E-state index in [9.17, 15) is 5.11 Å². The number of aryl methyl sites for hydroxylation is 1. The van der Waals surface area contributed by atoms with Gasteiger partial charge in [-0.25, -0.2) is 9.97 Å². The number of aliphatic hydroxyl groups excluding tert-OH is 1. The van der Waals surface area contributed by atoms with Gasteiger partial charge in [0.05, 0.1) is 23.6 Å². The second-order valence-electron chi connectivity index (χ2n) is 6.23. The van der Waals surface area contributed by atoms with Gasteiger partial charge in [-0.2, -0.15) is 5.10 Å². The molecule has 1 aliphatic heterocycles. The van der Waals surface area contributed by atoms with Crippen LogP contribution in [0.3, 0.4) is 0 Å². The first kappa shape index (κ1) is 16.1. The monoisotopic (exact) mass is 355 g/mol. The molecule has 0 radical (unpaired) electrons. The number of anilines is 1. The minimum Gasteiger partial charge on any atom is -0.391 e. The molecule has 1 fully saturated rings. The number of aliphatic hydroxyl groups is 1. The van der Waals surface area contributed by atoms with Gasteiger partial charge in [0, 0.05) is 43.0 Å². The lowest BCUT2D eigenvalue weighted by Gasteiger charge is -2.18. The predicted octanol–water partition coefficient (Wildman–Crippen LogP) is 2.77. The van der Waals surface area contributed by atoms with Gasteiger partial charge in [-0.3, -0.25) is 4.68 Å². The van der Waals surface area contributed by atoms with E-state index in [0.717, 1.165) is 35.6 Å². The van der Waals surface area contributed by atoms with Crippen molar-refractivity contribution in [3.05, 3.63) is 47.7 Å². The number of halogens is 1. The topological polar surface area (TPSA) is 67.1 Å². The number of β-amino-alcohol motifs (C(OH)–C–C–N with tert-alkyl or cyclic N) is 1. The molecule has 0 unspecified atom stereocenters. The number of nitrogens with zero attached hydrogens (tertiary/aromatic N) is 5. The molecule has 1 aromatic carbocycles. The number of aromatic nitrogens is 4. The number of rotatable bonds is 3. The van der Waals surface area contributed by atoms with Crippen molar-refractivity contribution in [1.82, 2.24) is 19.7 Å². The van der Waals surface area contributed by atoms with Crippen LogP contribution < -0.4 is 4.90 Å². The van der Waals surface area contributed by atoms with Gasteiger partial charge >= 0.3 is 0 Å². The zero-order valence-electron chi connectivity index (χ0n) is 13.8. The lowest BCUT2D eigenvalue weighted by atomic mass is 10.1. The van der Waals surface area contributed by atoms with Crippen LogP contribution >= 0.6 is 11.6 Å². The molecule has 6 nitrogen and oxygen atoms in total. The first-order valence-corrected chi connectivity index (χ1v) is 8.53. The second-order valence-corrected chi connectivity index (χ2v) is 6.67. The third-order valence-electron chi connectivity index (χ3n) is 4.30. The molecule has 25 heavy (non-hydrogen) atoms. The standard InChI is InChI=1S/C18H18ClN5O/c1-23-10-13(9-20-23)18-21-16(12-2-4-14(19)5-3-12)8-17(22-18)24-7-6-15(25)11-24/h2-5,8-10,15,25H,6-7,11H2,1H3/t15-/m1/s1. The summed E-state index contributed by atoms with van der Waals surface area (Å²) in [6.45, 7) is 1.37. The number of hydrogen-bond donors (Lipinski definition) is 1. The van der Waals surface area contributed by atoms with E-state index in [0.29, 0.717) is 17.4 Å². The van der Waals surface area contributed by atoms with Gasteiger partial charge in [0.1, 0.15) is 5.82 Å². The quantitative estimate of drug-likeness (QED) is 0.782. The van der Waals surface area contributed by atoms with Gasteiger partial charge in [-0.05, 0) is 18.6 Å². The molecule has 3 aromatic rings. The zero-order chi connectivity index (χ0) is 17.4. The largest absolute Gasteiger partial charge is 0.391 e. The molecule has 128 valence electrons. The Kier molecular flexibility index (Phi) is 4.15. The summed E-state index contributed by atoms with van der Waals surface area (Å²) in [6, 6.07) is 9.55. The Morgan fingerprint density at radius 1 is 1.16 bits per heavy atom. The van der Waals surface area contributed by atoms with Gasteiger partial charge in [0.15, 0.2) is 5.82 Å². The SMILES string of the molecule is Cn1cc(-c2nc(-c3ccc(Cl)cc3)cc(N3CC[C@@H](O)C3)n2)cn1. The summed E-state index contributed by atoms with van der Waals surface area (Å²) < 4.78 is 1.73. The molecule has 0 amide bonds. The van der Waals surface area contributed by atoms with Crippen LogP contribution in [-0.4, -0.2) is 44.0 Å². The fourth-order valence-corrected chi connectivity index (χ4v) is 3.11. The summed E-state index contributed by atoms with van der Waals surface area (Å²) in [7, 11) is 1.87. The van der Waals surface area contributed by atoms with Crippen molar-refractivity contribution in [1.29, 1.82) is 0 Å². The fourth-order valence-electron chi connectivity index (χ4n) is 2.98. The molecule has 0 saturated carbocycles. The first-order chi connectivity index (χ1) is 12.1. The summed E-state index contributed by atoms with van der Waals surface area (Å²) >= 11 is 6.00. The highest BCUT2D eigenvalue weighted by atomic mass is 35.5. The molecule has 1 atom stereocenters. The van der Waals surface area contributed by atoms with Crippen molar-refractivity contribution in [2.24, 2.45) is 7.05 Å². The Bertz CT molecular complexity index is 893. The van der Waals surface area contributed by atoms with E-state index in [1.165, 1.54) is 0 Å². The van der Waals surface area contributed by atoms with E-state index < -0.39 is 0 Å². The van der Waals surface area contributed by atoms with Crippen molar-refractivity contribution in [2.75, 3.05) is 18.0 Å². The van der Waals surface area contributed by atoms with Crippen molar-refractivity contribution < 1.29 is 5.11 Å². The average Bonchev–Trinajstić information content (AvgIpc) is 3.24. The molecule has 7 heteroatoms. The molecule has 2 aromatic heterocycles. The Balaban J connectivity index is 1.81. The summed E-state index contributed by atoms with van der Waals surface area (Å²) in [6.07, 6.45) is 4.09. The maximum Gasteiger partial charge on any atom is 0.165 e. The Labute approximate surface area is 150 Å². The van der Waals surface area contributed by atoms with Crippen LogP contribution in [0.5, 0.6) is 0 Å². The third-order valence-corrected chi connectivity index (χ3v) is 4.56. The van der Waals surface area contributed by atoms with Crippen molar-refractivity contribution >= 4 is 17.4 Å². The van der Waals surface area contributed by atoms with Gasteiger partial charge in [-0.15, -0.1) is 0 Å². The zero-order valence-corrected chi connectivity index (χ0v) is 14.6. The van der Waals surface area contributed by atoms with Crippen LogP contribution in [0.25, 0.3) is 22.6 Å². The smallest absolute Gasteiger partial charge is 0.165 e. The van der Waals surface area contributed by atoms with Crippen LogP contribution in [0.4, 0.5) is 5.82 Å². The van der Waals surface area contributed by atoms with Crippen molar-refractivity contribution in [3.8, 4) is 22.6 Å². The van der Waals surface area contributed by atoms with Crippen LogP contribution in [-0.2, 0) is 7.05 Å². The Hall–Kier alpha value is -2.44. The highest BCUT2D eigenvalue weighted by Crippen LogP contribution is 2.28. The van der Waals surface area contributed by atoms with E-state index >= 15 is 0 Å². The molecule has 0 bridgehead atoms. The highest BCUT2D eigenvalue weighted by molar-refractivity contribution is 6.30. The van der Waals surface area contributed by atoms with E-state index in [2.05, 4.69) is 10.00 Å². The molecule has 1 saturated heterocycles. The first-order valence-electron chi connectivity index (χ1n) is 8.15. The van der Waals surface area contributed by atoms with Gasteiger partial charge in [0.25, 0.3) is 0 Å². The van der Waals surface area contributed by atoms with Gasteiger partial charge in [-0.1, -0.05) is 23.7 Å². The summed E-state index contributed by atoms with van der Waals surface area (Å²) in [5.41, 5.74) is 2.65. The van der Waals surface area contributed by atoms with E-state index in [1.54, 1.807) is 10.9 Å². The van der Waals surface area contributed by atoms with Crippen molar-refractivity contribution in [3.63, 3.8) is 0 Å². The maximum atomic E-state index is 9.85. The molecule has 1 N–H and O–H groups in total. The summed E-state index contributed by atoms with van der Waals surface area (Å²) in [4.78, 5) is 11.5. The van der Waals surface area contributed by atoms with Gasteiger partial charge in [0.2, 0.25) is 0 Å². The van der Waals surface area contributed by atoms with Crippen LogP contribution in [0.2, 0.25) is 5.02 Å². The normalized spacial score (nSPS) is 17.2. The third kappa shape index (κ3) is 3.36. The van der Waals surface area contributed by atoms with Gasteiger partial charge < -0.3 is 10.0 Å². The van der Waals surface area contributed by atoms with E-state index in [-0.39, 0.29) is 6.10 Å². The second kappa shape index (κ2) is 6.46. The van der Waals surface area contributed by atoms with Crippen LogP contribution in [0, 0.1) is 0 Å². The highest BCUT2D eigenvalue weighted by Gasteiger charge is 2.23. The fraction of sp³-hybridized carbons (Fsp3) is 0.278. The summed E-state index contributed by atoms with van der Waals surface area (Å²) in [5, 5.41) is 14.8. The van der Waals surface area contributed by atoms with Crippen LogP contribution in [0.1, 0.15) is 6.42 Å². The molecule has 0 spiro atoms. The Morgan fingerprint density at radius 2 is 1.96 bits per heavy atom. The average molecular weight is 356 g/mol. The molecule has 0 aliphatic carbocycles. The van der Waals surface area contributed by atoms with E-state index in [1.807, 2.05) is 43.6 Å². The molecule has 1 aliphatic rings.